The lowest BCUT2D eigenvalue weighted by molar-refractivity contribution is -0.132. The summed E-state index contributed by atoms with van der Waals surface area (Å²) < 4.78 is 0. The minimum Gasteiger partial charge on any atom is -0.333 e. The van der Waals surface area contributed by atoms with Crippen molar-refractivity contribution in [1.29, 1.82) is 0 Å². The molecular formula is C17H18N2O2. The van der Waals surface area contributed by atoms with Gasteiger partial charge in [0.15, 0.2) is 5.78 Å². The van der Waals surface area contributed by atoms with Crippen molar-refractivity contribution in [3.63, 3.8) is 0 Å². The lowest BCUT2D eigenvalue weighted by Crippen LogP contribution is -2.54. The third-order valence-electron chi connectivity index (χ3n) is 4.04. The van der Waals surface area contributed by atoms with Crippen LogP contribution in [0.4, 0.5) is 0 Å². The van der Waals surface area contributed by atoms with E-state index in [9.17, 15) is 9.59 Å². The Bertz CT molecular complexity index is 663. The number of nitrogens with one attached hydrogen (secondary N) is 1. The van der Waals surface area contributed by atoms with Crippen molar-refractivity contribution in [1.82, 2.24) is 10.2 Å². The zero-order chi connectivity index (χ0) is 14.7. The van der Waals surface area contributed by atoms with E-state index in [0.29, 0.717) is 19.5 Å². The van der Waals surface area contributed by atoms with E-state index in [-0.39, 0.29) is 11.8 Å². The van der Waals surface area contributed by atoms with Gasteiger partial charge in [-0.25, -0.2) is 0 Å². The third-order valence-corrected chi connectivity index (χ3v) is 4.04. The van der Waals surface area contributed by atoms with Gasteiger partial charge in [-0.15, -0.1) is 0 Å². The van der Waals surface area contributed by atoms with Crippen molar-refractivity contribution in [3.8, 4) is 0 Å². The van der Waals surface area contributed by atoms with Crippen molar-refractivity contribution in [2.45, 2.75) is 12.5 Å². The molecule has 1 heterocycles. The van der Waals surface area contributed by atoms with E-state index in [2.05, 4.69) is 5.32 Å². The first-order valence-corrected chi connectivity index (χ1v) is 7.20. The SMILES string of the molecule is O=CN1CCNCC1C(=O)Cc1cccc2ccccc12. The molecule has 1 aliphatic rings. The van der Waals surface area contributed by atoms with Crippen LogP contribution in [0.2, 0.25) is 0 Å². The van der Waals surface area contributed by atoms with Gasteiger partial charge in [0.2, 0.25) is 6.41 Å². The molecule has 0 radical (unpaired) electrons. The van der Waals surface area contributed by atoms with Crippen LogP contribution in [-0.4, -0.2) is 42.8 Å². The van der Waals surface area contributed by atoms with Gasteiger partial charge < -0.3 is 10.2 Å². The van der Waals surface area contributed by atoms with E-state index in [1.807, 2.05) is 42.5 Å². The Morgan fingerprint density at radius 1 is 1.24 bits per heavy atom. The molecule has 4 heteroatoms. The average molecular weight is 282 g/mol. The standard InChI is InChI=1S/C17H18N2O2/c20-12-19-9-8-18-11-16(19)17(21)10-14-6-3-5-13-4-1-2-7-15(13)14/h1-7,12,16,18H,8-11H2. The molecule has 108 valence electrons. The van der Waals surface area contributed by atoms with E-state index in [1.54, 1.807) is 4.90 Å². The Labute approximate surface area is 123 Å². The van der Waals surface area contributed by atoms with E-state index >= 15 is 0 Å². The molecule has 1 aliphatic heterocycles. The number of hydrogen-bond donors (Lipinski definition) is 1. The van der Waals surface area contributed by atoms with Crippen molar-refractivity contribution in [2.75, 3.05) is 19.6 Å². The van der Waals surface area contributed by atoms with Gasteiger partial charge in [-0.05, 0) is 16.3 Å². The van der Waals surface area contributed by atoms with Crippen molar-refractivity contribution in [2.24, 2.45) is 0 Å². The van der Waals surface area contributed by atoms with Gasteiger partial charge in [-0.3, -0.25) is 9.59 Å². The number of fused-ring (bicyclic) bond motifs is 1. The van der Waals surface area contributed by atoms with Gasteiger partial charge in [0, 0.05) is 26.1 Å². The summed E-state index contributed by atoms with van der Waals surface area (Å²) in [5.74, 6) is 0.0886. The highest BCUT2D eigenvalue weighted by Crippen LogP contribution is 2.20. The zero-order valence-electron chi connectivity index (χ0n) is 11.8. The summed E-state index contributed by atoms with van der Waals surface area (Å²) in [5, 5.41) is 5.42. The number of piperazine rings is 1. The van der Waals surface area contributed by atoms with Gasteiger partial charge in [0.05, 0.1) is 0 Å². The summed E-state index contributed by atoms with van der Waals surface area (Å²) in [5.41, 5.74) is 1.02. The quantitative estimate of drug-likeness (QED) is 0.862. The van der Waals surface area contributed by atoms with Crippen LogP contribution in [0.25, 0.3) is 10.8 Å². The predicted octanol–water partition coefficient (Wildman–Crippen LogP) is 1.38. The maximum absolute atomic E-state index is 12.5. The Hall–Kier alpha value is -2.20. The number of ketones is 1. The molecule has 1 amide bonds. The normalized spacial score (nSPS) is 18.7. The summed E-state index contributed by atoms with van der Waals surface area (Å²) in [4.78, 5) is 25.2. The molecule has 0 bridgehead atoms. The van der Waals surface area contributed by atoms with Gasteiger partial charge in [0.25, 0.3) is 0 Å². The topological polar surface area (TPSA) is 49.4 Å². The van der Waals surface area contributed by atoms with Crippen LogP contribution in [0.5, 0.6) is 0 Å². The van der Waals surface area contributed by atoms with Crippen LogP contribution in [-0.2, 0) is 16.0 Å². The number of carbonyl (C=O) groups is 2. The van der Waals surface area contributed by atoms with Crippen molar-refractivity contribution >= 4 is 23.0 Å². The fourth-order valence-electron chi connectivity index (χ4n) is 2.90. The molecule has 1 fully saturated rings. The molecule has 0 spiro atoms. The molecule has 3 rings (SSSR count). The minimum absolute atomic E-state index is 0.0886. The number of carbonyl (C=O) groups excluding carboxylic acids is 2. The minimum atomic E-state index is -0.352. The molecule has 21 heavy (non-hydrogen) atoms. The number of amides is 1. The molecule has 1 unspecified atom stereocenters. The Balaban J connectivity index is 1.84. The average Bonchev–Trinajstić information content (AvgIpc) is 2.55. The van der Waals surface area contributed by atoms with E-state index < -0.39 is 0 Å². The third kappa shape index (κ3) is 2.81. The molecule has 2 aromatic carbocycles. The van der Waals surface area contributed by atoms with Gasteiger partial charge in [0.1, 0.15) is 6.04 Å². The molecule has 1 atom stereocenters. The maximum atomic E-state index is 12.5. The summed E-state index contributed by atoms with van der Waals surface area (Å²) in [6.45, 7) is 1.88. The largest absolute Gasteiger partial charge is 0.333 e. The second kappa shape index (κ2) is 6.06. The monoisotopic (exact) mass is 282 g/mol. The van der Waals surface area contributed by atoms with E-state index in [4.69, 9.17) is 0 Å². The Morgan fingerprint density at radius 3 is 2.90 bits per heavy atom. The number of nitrogens with zero attached hydrogens (tertiary/aromatic N) is 1. The molecule has 4 nitrogen and oxygen atoms in total. The summed E-state index contributed by atoms with van der Waals surface area (Å²) >= 11 is 0. The predicted molar refractivity (Wildman–Crippen MR) is 82.1 cm³/mol. The number of Topliss-reactive ketones (excluding diaryl/α,β-unsaturated/α-hetero) is 1. The Kier molecular flexibility index (Phi) is 3.97. The highest BCUT2D eigenvalue weighted by Gasteiger charge is 2.27. The number of benzene rings is 2. The summed E-state index contributed by atoms with van der Waals surface area (Å²) in [6.07, 6.45) is 1.14. The van der Waals surface area contributed by atoms with Crippen LogP contribution in [0, 0.1) is 0 Å². The first kappa shape index (κ1) is 13.8. The molecule has 0 aliphatic carbocycles. The zero-order valence-corrected chi connectivity index (χ0v) is 11.8. The van der Waals surface area contributed by atoms with Crippen LogP contribution >= 0.6 is 0 Å². The molecular weight excluding hydrogens is 264 g/mol. The van der Waals surface area contributed by atoms with Crippen LogP contribution in [0.1, 0.15) is 5.56 Å². The first-order chi connectivity index (χ1) is 10.3. The van der Waals surface area contributed by atoms with Gasteiger partial charge in [-0.1, -0.05) is 42.5 Å². The van der Waals surface area contributed by atoms with E-state index in [1.165, 1.54) is 0 Å². The molecule has 0 saturated carbocycles. The van der Waals surface area contributed by atoms with E-state index in [0.717, 1.165) is 29.3 Å². The van der Waals surface area contributed by atoms with Crippen molar-refractivity contribution in [3.05, 3.63) is 48.0 Å². The lowest BCUT2D eigenvalue weighted by atomic mass is 9.97. The van der Waals surface area contributed by atoms with Crippen LogP contribution in [0.15, 0.2) is 42.5 Å². The smallest absolute Gasteiger partial charge is 0.210 e. The second-order valence-electron chi connectivity index (χ2n) is 5.34. The number of rotatable bonds is 4. The van der Waals surface area contributed by atoms with Crippen molar-refractivity contribution < 1.29 is 9.59 Å². The highest BCUT2D eigenvalue weighted by atomic mass is 16.1. The van der Waals surface area contributed by atoms with Gasteiger partial charge in [-0.2, -0.15) is 0 Å². The summed E-state index contributed by atoms with van der Waals surface area (Å²) in [7, 11) is 0. The maximum Gasteiger partial charge on any atom is 0.210 e. The molecule has 0 aromatic heterocycles. The lowest BCUT2D eigenvalue weighted by Gasteiger charge is -2.32. The molecule has 2 aromatic rings. The van der Waals surface area contributed by atoms with Crippen LogP contribution in [0.3, 0.4) is 0 Å². The first-order valence-electron chi connectivity index (χ1n) is 7.20. The van der Waals surface area contributed by atoms with Gasteiger partial charge >= 0.3 is 0 Å². The fraction of sp³-hybridized carbons (Fsp3) is 0.294. The molecule has 1 saturated heterocycles. The molecule has 1 N–H and O–H groups in total. The second-order valence-corrected chi connectivity index (χ2v) is 5.34. The number of hydrogen-bond acceptors (Lipinski definition) is 3. The fourth-order valence-corrected chi connectivity index (χ4v) is 2.90. The summed E-state index contributed by atoms with van der Waals surface area (Å²) in [6, 6.07) is 13.7. The van der Waals surface area contributed by atoms with Crippen LogP contribution < -0.4 is 5.32 Å². The Morgan fingerprint density at radius 2 is 2.05 bits per heavy atom. The highest BCUT2D eigenvalue weighted by molar-refractivity contribution is 5.93.